The first-order chi connectivity index (χ1) is 10.5. The second-order valence-electron chi connectivity index (χ2n) is 5.31. The van der Waals surface area contributed by atoms with Crippen molar-refractivity contribution < 1.29 is 19.1 Å². The van der Waals surface area contributed by atoms with E-state index in [1.54, 1.807) is 24.3 Å². The van der Waals surface area contributed by atoms with Gasteiger partial charge in [-0.2, -0.15) is 0 Å². The predicted molar refractivity (Wildman–Crippen MR) is 82.5 cm³/mol. The van der Waals surface area contributed by atoms with Gasteiger partial charge in [-0.15, -0.1) is 0 Å². The molecule has 116 valence electrons. The van der Waals surface area contributed by atoms with Crippen LogP contribution >= 0.6 is 0 Å². The Bertz CT molecular complexity index is 589. The van der Waals surface area contributed by atoms with Gasteiger partial charge >= 0.3 is 5.97 Å². The number of anilines is 1. The lowest BCUT2D eigenvalue weighted by Crippen LogP contribution is -2.16. The summed E-state index contributed by atoms with van der Waals surface area (Å²) in [6.07, 6.45) is 6.36. The minimum atomic E-state index is -0.347. The van der Waals surface area contributed by atoms with E-state index in [4.69, 9.17) is 4.74 Å². The zero-order chi connectivity index (χ0) is 15.9. The lowest BCUT2D eigenvalue weighted by molar-refractivity contribution is -0.143. The standard InChI is InChI=1S/C17H19NO4/c1-12(19)18-15-8-6-14(7-9-15)16(20)11-22-17(21)10-13-4-2-3-5-13/h2,4,6-9,13H,3,5,10-11H2,1H3,(H,18,19)/t13-/m0/s1. The third kappa shape index (κ3) is 4.84. The maximum absolute atomic E-state index is 11.9. The number of allylic oxidation sites excluding steroid dienone is 2. The van der Waals surface area contributed by atoms with Crippen LogP contribution in [-0.2, 0) is 14.3 Å². The van der Waals surface area contributed by atoms with Gasteiger partial charge < -0.3 is 10.1 Å². The van der Waals surface area contributed by atoms with Crippen LogP contribution in [0.5, 0.6) is 0 Å². The molecule has 0 aromatic heterocycles. The van der Waals surface area contributed by atoms with Crippen molar-refractivity contribution in [3.8, 4) is 0 Å². The van der Waals surface area contributed by atoms with Crippen molar-refractivity contribution in [2.75, 3.05) is 11.9 Å². The highest BCUT2D eigenvalue weighted by atomic mass is 16.5. The average molecular weight is 301 g/mol. The first kappa shape index (κ1) is 15.9. The summed E-state index contributed by atoms with van der Waals surface area (Å²) in [5.41, 5.74) is 1.07. The molecule has 1 N–H and O–H groups in total. The van der Waals surface area contributed by atoms with Crippen molar-refractivity contribution in [1.82, 2.24) is 0 Å². The van der Waals surface area contributed by atoms with Gasteiger partial charge in [0.1, 0.15) is 0 Å². The van der Waals surface area contributed by atoms with Crippen LogP contribution in [0.4, 0.5) is 5.69 Å². The molecule has 2 rings (SSSR count). The van der Waals surface area contributed by atoms with Crippen molar-refractivity contribution in [2.24, 2.45) is 5.92 Å². The molecule has 5 heteroatoms. The fourth-order valence-electron chi connectivity index (χ4n) is 2.31. The molecule has 0 unspecified atom stereocenters. The number of carbonyl (C=O) groups excluding carboxylic acids is 3. The number of rotatable bonds is 6. The van der Waals surface area contributed by atoms with E-state index in [0.717, 1.165) is 12.8 Å². The summed E-state index contributed by atoms with van der Waals surface area (Å²) in [4.78, 5) is 34.5. The lowest BCUT2D eigenvalue weighted by Gasteiger charge is -2.08. The van der Waals surface area contributed by atoms with Crippen LogP contribution in [-0.4, -0.2) is 24.3 Å². The quantitative estimate of drug-likeness (QED) is 0.498. The lowest BCUT2D eigenvalue weighted by atomic mass is 10.1. The summed E-state index contributed by atoms with van der Waals surface area (Å²) in [7, 11) is 0. The molecule has 1 amide bonds. The van der Waals surface area contributed by atoms with Gasteiger partial charge in [0, 0.05) is 18.2 Å². The van der Waals surface area contributed by atoms with E-state index in [1.165, 1.54) is 6.92 Å². The molecule has 1 aliphatic rings. The number of benzene rings is 1. The third-order valence-electron chi connectivity index (χ3n) is 3.43. The van der Waals surface area contributed by atoms with Crippen LogP contribution in [0, 0.1) is 5.92 Å². The molecular weight excluding hydrogens is 282 g/mol. The van der Waals surface area contributed by atoms with Crippen molar-refractivity contribution in [1.29, 1.82) is 0 Å². The molecular formula is C17H19NO4. The van der Waals surface area contributed by atoms with Crippen molar-refractivity contribution >= 4 is 23.3 Å². The van der Waals surface area contributed by atoms with Gasteiger partial charge in [0.15, 0.2) is 12.4 Å². The van der Waals surface area contributed by atoms with Gasteiger partial charge in [-0.1, -0.05) is 12.2 Å². The normalized spacial score (nSPS) is 16.3. The monoisotopic (exact) mass is 301 g/mol. The number of hydrogen-bond acceptors (Lipinski definition) is 4. The smallest absolute Gasteiger partial charge is 0.306 e. The zero-order valence-corrected chi connectivity index (χ0v) is 12.5. The molecule has 0 saturated heterocycles. The largest absolute Gasteiger partial charge is 0.457 e. The maximum Gasteiger partial charge on any atom is 0.306 e. The molecule has 0 heterocycles. The van der Waals surface area contributed by atoms with E-state index in [2.05, 4.69) is 11.4 Å². The Morgan fingerprint density at radius 3 is 2.55 bits per heavy atom. The Kier molecular flexibility index (Phi) is 5.47. The van der Waals surface area contributed by atoms with Crippen LogP contribution < -0.4 is 5.32 Å². The molecule has 1 atom stereocenters. The molecule has 0 bridgehead atoms. The van der Waals surface area contributed by atoms with Gasteiger partial charge in [0.25, 0.3) is 0 Å². The topological polar surface area (TPSA) is 72.5 Å². The molecule has 22 heavy (non-hydrogen) atoms. The maximum atomic E-state index is 11.9. The summed E-state index contributed by atoms with van der Waals surface area (Å²) >= 11 is 0. The Morgan fingerprint density at radius 2 is 1.95 bits per heavy atom. The van der Waals surface area contributed by atoms with Crippen molar-refractivity contribution in [3.63, 3.8) is 0 Å². The van der Waals surface area contributed by atoms with Crippen LogP contribution in [0.15, 0.2) is 36.4 Å². The third-order valence-corrected chi connectivity index (χ3v) is 3.43. The first-order valence-corrected chi connectivity index (χ1v) is 7.28. The molecule has 0 spiro atoms. The van der Waals surface area contributed by atoms with E-state index in [0.29, 0.717) is 17.7 Å². The number of hydrogen-bond donors (Lipinski definition) is 1. The number of nitrogens with one attached hydrogen (secondary N) is 1. The summed E-state index contributed by atoms with van der Waals surface area (Å²) in [6, 6.07) is 6.47. The molecule has 5 nitrogen and oxygen atoms in total. The second kappa shape index (κ2) is 7.54. The molecule has 0 saturated carbocycles. The number of carbonyl (C=O) groups is 3. The van der Waals surface area contributed by atoms with Crippen molar-refractivity contribution in [3.05, 3.63) is 42.0 Å². The van der Waals surface area contributed by atoms with E-state index < -0.39 is 0 Å². The number of esters is 1. The molecule has 1 aromatic carbocycles. The fourth-order valence-corrected chi connectivity index (χ4v) is 2.31. The Balaban J connectivity index is 1.80. The SMILES string of the molecule is CC(=O)Nc1ccc(C(=O)COC(=O)C[C@H]2C=CCC2)cc1. The van der Waals surface area contributed by atoms with Crippen LogP contribution in [0.3, 0.4) is 0 Å². The number of Topliss-reactive ketones (excluding diaryl/α,β-unsaturated/α-hetero) is 1. The van der Waals surface area contributed by atoms with Gasteiger partial charge in [-0.3, -0.25) is 14.4 Å². The molecule has 0 aliphatic heterocycles. The van der Waals surface area contributed by atoms with E-state index in [1.807, 2.05) is 6.08 Å². The summed E-state index contributed by atoms with van der Waals surface area (Å²) in [5, 5.41) is 2.62. The van der Waals surface area contributed by atoms with Crippen LogP contribution in [0.25, 0.3) is 0 Å². The first-order valence-electron chi connectivity index (χ1n) is 7.28. The molecule has 0 fully saturated rings. The minimum Gasteiger partial charge on any atom is -0.457 e. The van der Waals surface area contributed by atoms with E-state index >= 15 is 0 Å². The highest BCUT2D eigenvalue weighted by Crippen LogP contribution is 2.20. The molecule has 1 aromatic rings. The Labute approximate surface area is 129 Å². The van der Waals surface area contributed by atoms with Gasteiger partial charge in [-0.05, 0) is 43.0 Å². The highest BCUT2D eigenvalue weighted by Gasteiger charge is 2.16. The Hall–Kier alpha value is -2.43. The average Bonchev–Trinajstić information content (AvgIpc) is 2.98. The number of amides is 1. The minimum absolute atomic E-state index is 0.172. The summed E-state index contributed by atoms with van der Waals surface area (Å²) < 4.78 is 5.02. The number of ether oxygens (including phenoxy) is 1. The predicted octanol–water partition coefficient (Wildman–Crippen LogP) is 2.73. The highest BCUT2D eigenvalue weighted by molar-refractivity contribution is 5.98. The van der Waals surface area contributed by atoms with Gasteiger partial charge in [0.05, 0.1) is 6.42 Å². The van der Waals surface area contributed by atoms with Crippen LogP contribution in [0.2, 0.25) is 0 Å². The Morgan fingerprint density at radius 1 is 1.23 bits per heavy atom. The fraction of sp³-hybridized carbons (Fsp3) is 0.353. The molecule has 0 radical (unpaired) electrons. The van der Waals surface area contributed by atoms with E-state index in [9.17, 15) is 14.4 Å². The molecule has 1 aliphatic carbocycles. The van der Waals surface area contributed by atoms with E-state index in [-0.39, 0.29) is 30.2 Å². The van der Waals surface area contributed by atoms with Crippen molar-refractivity contribution in [2.45, 2.75) is 26.2 Å². The zero-order valence-electron chi connectivity index (χ0n) is 12.5. The number of ketones is 1. The van der Waals surface area contributed by atoms with Gasteiger partial charge in [-0.25, -0.2) is 0 Å². The summed E-state index contributed by atoms with van der Waals surface area (Å²) in [5.74, 6) is -0.544. The van der Waals surface area contributed by atoms with Gasteiger partial charge in [0.2, 0.25) is 5.91 Å². The summed E-state index contributed by atoms with van der Waals surface area (Å²) in [6.45, 7) is 1.16. The second-order valence-corrected chi connectivity index (χ2v) is 5.31. The van der Waals surface area contributed by atoms with Crippen LogP contribution in [0.1, 0.15) is 36.5 Å².